The van der Waals surface area contributed by atoms with Gasteiger partial charge in [-0.1, -0.05) is 12.1 Å². The average Bonchev–Trinajstić information content (AvgIpc) is 3.18. The molecule has 3 aromatic carbocycles. The van der Waals surface area contributed by atoms with Crippen LogP contribution in [0.3, 0.4) is 0 Å². The molecule has 8 nitrogen and oxygen atoms in total. The van der Waals surface area contributed by atoms with Crippen molar-refractivity contribution in [2.75, 3.05) is 29.1 Å². The number of carbonyl (C=O) groups is 2. The van der Waals surface area contributed by atoms with Crippen LogP contribution in [0.25, 0.3) is 0 Å². The van der Waals surface area contributed by atoms with Crippen LogP contribution in [0.5, 0.6) is 5.75 Å². The highest BCUT2D eigenvalue weighted by Gasteiger charge is 2.27. The predicted molar refractivity (Wildman–Crippen MR) is 122 cm³/mol. The van der Waals surface area contributed by atoms with Crippen LogP contribution >= 0.6 is 0 Å². The van der Waals surface area contributed by atoms with Crippen molar-refractivity contribution < 1.29 is 22.7 Å². The molecular formula is C23H21N3O5S. The molecule has 1 aliphatic heterocycles. The van der Waals surface area contributed by atoms with Gasteiger partial charge in [0.15, 0.2) is 0 Å². The Labute approximate surface area is 185 Å². The molecule has 0 bridgehead atoms. The van der Waals surface area contributed by atoms with E-state index < -0.39 is 15.9 Å². The molecule has 1 aliphatic rings. The summed E-state index contributed by atoms with van der Waals surface area (Å²) in [6, 6.07) is 17.8. The lowest BCUT2D eigenvalue weighted by Crippen LogP contribution is -2.29. The van der Waals surface area contributed by atoms with Crippen LogP contribution < -0.4 is 19.7 Å². The van der Waals surface area contributed by atoms with E-state index in [-0.39, 0.29) is 28.5 Å². The molecule has 0 aromatic heterocycles. The van der Waals surface area contributed by atoms with Gasteiger partial charge >= 0.3 is 0 Å². The molecule has 4 rings (SSSR count). The van der Waals surface area contributed by atoms with Gasteiger partial charge in [0.2, 0.25) is 5.91 Å². The van der Waals surface area contributed by atoms with Gasteiger partial charge in [0.1, 0.15) is 5.75 Å². The van der Waals surface area contributed by atoms with Crippen LogP contribution in [-0.4, -0.2) is 34.4 Å². The van der Waals surface area contributed by atoms with E-state index in [9.17, 15) is 18.0 Å². The summed E-state index contributed by atoms with van der Waals surface area (Å²) in [7, 11) is -1.03. The third kappa shape index (κ3) is 4.02. The van der Waals surface area contributed by atoms with E-state index in [0.717, 1.165) is 4.31 Å². The molecule has 3 aromatic rings. The fourth-order valence-electron chi connectivity index (χ4n) is 3.47. The van der Waals surface area contributed by atoms with Crippen molar-refractivity contribution in [3.63, 3.8) is 0 Å². The number of hydrogen-bond donors (Lipinski definition) is 2. The SMILES string of the molecule is COc1ccc(NC(=O)c2ccccc2N(C)S(=O)(=O)c2ccc3c(c2)CC(=O)N3)cc1. The monoisotopic (exact) mass is 451 g/mol. The van der Waals surface area contributed by atoms with Gasteiger partial charge in [-0.25, -0.2) is 8.42 Å². The highest BCUT2D eigenvalue weighted by atomic mass is 32.2. The minimum atomic E-state index is -3.97. The van der Waals surface area contributed by atoms with Gasteiger partial charge in [0.05, 0.1) is 29.7 Å². The van der Waals surface area contributed by atoms with Gasteiger partial charge in [-0.05, 0) is 60.2 Å². The number of para-hydroxylation sites is 1. The van der Waals surface area contributed by atoms with Crippen molar-refractivity contribution in [2.24, 2.45) is 0 Å². The van der Waals surface area contributed by atoms with Crippen LogP contribution in [0.1, 0.15) is 15.9 Å². The first-order valence-electron chi connectivity index (χ1n) is 9.76. The maximum atomic E-state index is 13.3. The van der Waals surface area contributed by atoms with E-state index in [1.165, 1.54) is 19.2 Å². The molecule has 0 saturated carbocycles. The number of ether oxygens (including phenoxy) is 1. The Morgan fingerprint density at radius 3 is 2.50 bits per heavy atom. The zero-order chi connectivity index (χ0) is 22.9. The van der Waals surface area contributed by atoms with E-state index >= 15 is 0 Å². The van der Waals surface area contributed by atoms with Crippen molar-refractivity contribution in [2.45, 2.75) is 11.3 Å². The summed E-state index contributed by atoms with van der Waals surface area (Å²) in [5.41, 5.74) is 2.21. The molecule has 0 atom stereocenters. The van der Waals surface area contributed by atoms with E-state index in [0.29, 0.717) is 22.7 Å². The topological polar surface area (TPSA) is 105 Å². The third-order valence-electron chi connectivity index (χ3n) is 5.20. The first-order chi connectivity index (χ1) is 15.3. The van der Waals surface area contributed by atoms with Crippen LogP contribution in [-0.2, 0) is 21.2 Å². The van der Waals surface area contributed by atoms with E-state index in [1.54, 1.807) is 61.7 Å². The number of methoxy groups -OCH3 is 1. The number of nitrogens with one attached hydrogen (secondary N) is 2. The van der Waals surface area contributed by atoms with Crippen LogP contribution in [0.4, 0.5) is 17.1 Å². The third-order valence-corrected chi connectivity index (χ3v) is 6.96. The molecule has 0 spiro atoms. The lowest BCUT2D eigenvalue weighted by atomic mass is 10.1. The van der Waals surface area contributed by atoms with Gasteiger partial charge in [-0.15, -0.1) is 0 Å². The highest BCUT2D eigenvalue weighted by Crippen LogP contribution is 2.30. The number of nitrogens with zero attached hydrogens (tertiary/aromatic N) is 1. The van der Waals surface area contributed by atoms with Crippen molar-refractivity contribution in [1.29, 1.82) is 0 Å². The average molecular weight is 452 g/mol. The van der Waals surface area contributed by atoms with Crippen molar-refractivity contribution in [3.05, 3.63) is 77.9 Å². The zero-order valence-corrected chi connectivity index (χ0v) is 18.3. The van der Waals surface area contributed by atoms with Crippen LogP contribution in [0.2, 0.25) is 0 Å². The number of carbonyl (C=O) groups excluding carboxylic acids is 2. The molecule has 0 fully saturated rings. The van der Waals surface area contributed by atoms with Crippen molar-refractivity contribution in [3.8, 4) is 5.75 Å². The Hall–Kier alpha value is -3.85. The Balaban J connectivity index is 1.63. The summed E-state index contributed by atoms with van der Waals surface area (Å²) in [5, 5.41) is 5.46. The first kappa shape index (κ1) is 21.4. The van der Waals surface area contributed by atoms with Gasteiger partial charge in [-0.2, -0.15) is 0 Å². The molecule has 0 aliphatic carbocycles. The number of fused-ring (bicyclic) bond motifs is 1. The normalized spacial score (nSPS) is 12.6. The van der Waals surface area contributed by atoms with Gasteiger partial charge in [0, 0.05) is 18.4 Å². The molecule has 2 N–H and O–H groups in total. The minimum Gasteiger partial charge on any atom is -0.497 e. The standard InChI is InChI=1S/C23H21N3O5S/c1-26(32(29,30)18-11-12-20-15(13-18)14-22(27)25-20)21-6-4-3-5-19(21)23(28)24-16-7-9-17(31-2)10-8-16/h3-13H,14H2,1-2H3,(H,24,28)(H,25,27). The summed E-state index contributed by atoms with van der Waals surface area (Å²) in [6.45, 7) is 0. The Morgan fingerprint density at radius 1 is 1.06 bits per heavy atom. The molecule has 32 heavy (non-hydrogen) atoms. The summed E-state index contributed by atoms with van der Waals surface area (Å²) in [5.74, 6) is 0.0282. The summed E-state index contributed by atoms with van der Waals surface area (Å²) >= 11 is 0. The van der Waals surface area contributed by atoms with Crippen molar-refractivity contribution >= 4 is 38.9 Å². The molecule has 1 heterocycles. The fraction of sp³-hybridized carbons (Fsp3) is 0.130. The van der Waals surface area contributed by atoms with Crippen LogP contribution in [0, 0.1) is 0 Å². The number of sulfonamides is 1. The first-order valence-corrected chi connectivity index (χ1v) is 11.2. The number of anilines is 3. The van der Waals surface area contributed by atoms with E-state index in [4.69, 9.17) is 4.74 Å². The zero-order valence-electron chi connectivity index (χ0n) is 17.5. The van der Waals surface area contributed by atoms with E-state index in [2.05, 4.69) is 10.6 Å². The summed E-state index contributed by atoms with van der Waals surface area (Å²) < 4.78 is 32.8. The number of benzene rings is 3. The van der Waals surface area contributed by atoms with E-state index in [1.807, 2.05) is 0 Å². The molecule has 0 saturated heterocycles. The smallest absolute Gasteiger partial charge is 0.264 e. The Morgan fingerprint density at radius 2 is 1.78 bits per heavy atom. The van der Waals surface area contributed by atoms with Gasteiger partial charge in [0.25, 0.3) is 15.9 Å². The van der Waals surface area contributed by atoms with Crippen molar-refractivity contribution in [1.82, 2.24) is 0 Å². The van der Waals surface area contributed by atoms with Crippen LogP contribution in [0.15, 0.2) is 71.6 Å². The number of amides is 2. The second kappa shape index (κ2) is 8.35. The number of hydrogen-bond acceptors (Lipinski definition) is 5. The van der Waals surface area contributed by atoms with Gasteiger partial charge < -0.3 is 15.4 Å². The molecule has 0 unspecified atom stereocenters. The lowest BCUT2D eigenvalue weighted by Gasteiger charge is -2.22. The fourth-order valence-corrected chi connectivity index (χ4v) is 4.73. The largest absolute Gasteiger partial charge is 0.497 e. The molecule has 164 valence electrons. The Kier molecular flexibility index (Phi) is 5.58. The molecule has 2 amide bonds. The second-order valence-corrected chi connectivity index (χ2v) is 9.19. The number of rotatable bonds is 6. The highest BCUT2D eigenvalue weighted by molar-refractivity contribution is 7.92. The minimum absolute atomic E-state index is 0.0422. The Bertz CT molecular complexity index is 1300. The molecule has 9 heteroatoms. The predicted octanol–water partition coefficient (Wildman–Crippen LogP) is 3.27. The molecule has 0 radical (unpaired) electrons. The lowest BCUT2D eigenvalue weighted by molar-refractivity contribution is -0.115. The summed E-state index contributed by atoms with van der Waals surface area (Å²) in [6.07, 6.45) is 0.128. The molecular weight excluding hydrogens is 430 g/mol. The summed E-state index contributed by atoms with van der Waals surface area (Å²) in [4.78, 5) is 24.6. The second-order valence-electron chi connectivity index (χ2n) is 7.22. The maximum Gasteiger partial charge on any atom is 0.264 e. The van der Waals surface area contributed by atoms with Gasteiger partial charge in [-0.3, -0.25) is 13.9 Å². The quantitative estimate of drug-likeness (QED) is 0.599. The maximum absolute atomic E-state index is 13.3.